The minimum Gasteiger partial charge on any atom is -0.384 e. The number of thiophene rings is 1. The Bertz CT molecular complexity index is 1270. The van der Waals surface area contributed by atoms with E-state index in [9.17, 15) is 0 Å². The van der Waals surface area contributed by atoms with Crippen molar-refractivity contribution in [3.63, 3.8) is 0 Å². The number of hydrogen-bond acceptors (Lipinski definition) is 5. The molecule has 1 fully saturated rings. The van der Waals surface area contributed by atoms with Gasteiger partial charge in [0.25, 0.3) is 0 Å². The second-order valence-corrected chi connectivity index (χ2v) is 10.7. The summed E-state index contributed by atoms with van der Waals surface area (Å²) in [5.74, 6) is 0.102. The number of hydrogen-bond donors (Lipinski definition) is 4. The molecule has 2 unspecified atom stereocenters. The predicted molar refractivity (Wildman–Crippen MR) is 175 cm³/mol. The topological polar surface area (TPSA) is 77.2 Å². The van der Waals surface area contributed by atoms with E-state index in [1.54, 1.807) is 11.3 Å². The maximum absolute atomic E-state index is 7.59. The molecule has 1 aromatic heterocycles. The van der Waals surface area contributed by atoms with Gasteiger partial charge in [-0.15, -0.1) is 11.3 Å². The molecule has 2 atom stereocenters. The Balaban J connectivity index is 0.00000206. The van der Waals surface area contributed by atoms with Gasteiger partial charge in [-0.2, -0.15) is 0 Å². The Labute approximate surface area is 246 Å². The smallest absolute Gasteiger partial charge is 0.123 e. The number of nitrogens with one attached hydrogen (secondary N) is 3. The number of amidine groups is 1. The summed E-state index contributed by atoms with van der Waals surface area (Å²) in [6.45, 7) is 20.6. The van der Waals surface area contributed by atoms with E-state index >= 15 is 0 Å². The molecule has 5 nitrogen and oxygen atoms in total. The predicted octanol–water partition coefficient (Wildman–Crippen LogP) is 7.33. The van der Waals surface area contributed by atoms with Crippen molar-refractivity contribution >= 4 is 22.9 Å². The number of nitrogen functional groups attached to an aromatic ring is 1. The zero-order valence-corrected chi connectivity index (χ0v) is 28.7. The van der Waals surface area contributed by atoms with Gasteiger partial charge in [0.05, 0.1) is 12.6 Å². The molecular formula is C34H46CmN5S-. The van der Waals surface area contributed by atoms with Gasteiger partial charge >= 0.3 is 0 Å². The van der Waals surface area contributed by atoms with E-state index in [0.29, 0.717) is 19.1 Å². The van der Waals surface area contributed by atoms with E-state index in [-0.39, 0.29) is 19.3 Å². The van der Waals surface area contributed by atoms with Gasteiger partial charge in [-0.05, 0) is 48.9 Å². The molecule has 3 aromatic rings. The maximum Gasteiger partial charge on any atom is 0.123 e. The standard InChI is InChI=1S/C31H37N5S.C2H6.CH3.Cm/c1-21-10-15-30(24(4)35-19-29-17-28(20-37-29)31(32)33)36(21)22(2)18-34-23(3)27-13-11-26(12-14-27)16-25-8-6-5-7-9-25;1-2;;/h5-9,11-14,17,20-21,30,34-35H,2-4,10,15-16,18-19H2,1H3,(H3,32,33);1-2H3;1H3;/q;;-1;. The molecule has 1 aliphatic heterocycles. The molecule has 0 radical (unpaired) electrons. The summed E-state index contributed by atoms with van der Waals surface area (Å²) in [6, 6.07) is 21.7. The Kier molecular flexibility index (Phi) is 13.7. The summed E-state index contributed by atoms with van der Waals surface area (Å²) >= 11 is 1.60. The fraction of sp³-hybridized carbons (Fsp3) is 0.294. The largest absolute Gasteiger partial charge is 0.384 e. The molecule has 7 heteroatoms. The van der Waals surface area contributed by atoms with Crippen LogP contribution in [0.4, 0.5) is 0 Å². The van der Waals surface area contributed by atoms with Crippen LogP contribution >= 0.6 is 11.3 Å². The van der Waals surface area contributed by atoms with Gasteiger partial charge in [0.1, 0.15) is 5.84 Å². The fourth-order valence-electron chi connectivity index (χ4n) is 4.85. The summed E-state index contributed by atoms with van der Waals surface area (Å²) in [4.78, 5) is 3.52. The van der Waals surface area contributed by atoms with Crippen molar-refractivity contribution in [2.75, 3.05) is 6.54 Å². The zero-order valence-electron chi connectivity index (χ0n) is 24.9. The molecule has 4 rings (SSSR count). The number of nitrogens with two attached hydrogens (primary N) is 1. The molecule has 41 heavy (non-hydrogen) atoms. The average Bonchev–Trinajstić information content (AvgIpc) is 3.59. The number of rotatable bonds is 12. The number of likely N-dealkylation sites (tertiary alicyclic amines) is 1. The van der Waals surface area contributed by atoms with E-state index < -0.39 is 0 Å². The van der Waals surface area contributed by atoms with Crippen LogP contribution in [0.2, 0.25) is 0 Å². The van der Waals surface area contributed by atoms with Gasteiger partial charge in [0, 0.05) is 45.5 Å². The molecule has 1 saturated heterocycles. The first-order valence-corrected chi connectivity index (χ1v) is 14.6. The maximum atomic E-state index is 7.59. The van der Waals surface area contributed by atoms with Crippen LogP contribution in [0.25, 0.3) is 5.70 Å². The van der Waals surface area contributed by atoms with E-state index in [4.69, 9.17) is 11.1 Å². The Hall–Kier alpha value is -4.77. The zero-order chi connectivity index (χ0) is 28.4. The van der Waals surface area contributed by atoms with Gasteiger partial charge < -0.3 is 28.7 Å². The van der Waals surface area contributed by atoms with Crippen molar-refractivity contribution in [3.8, 4) is 0 Å². The molecule has 0 spiro atoms. The Morgan fingerprint density at radius 3 is 2.22 bits per heavy atom. The van der Waals surface area contributed by atoms with Crippen molar-refractivity contribution in [1.29, 1.82) is 5.41 Å². The van der Waals surface area contributed by atoms with Crippen LogP contribution in [0.15, 0.2) is 97.2 Å². The summed E-state index contributed by atoms with van der Waals surface area (Å²) < 4.78 is 0. The third kappa shape index (κ3) is 9.14. The van der Waals surface area contributed by atoms with Gasteiger partial charge in [0.2, 0.25) is 0 Å². The van der Waals surface area contributed by atoms with E-state index in [1.165, 1.54) is 11.1 Å². The van der Waals surface area contributed by atoms with Crippen molar-refractivity contribution in [3.05, 3.63) is 132 Å². The summed E-state index contributed by atoms with van der Waals surface area (Å²) in [5.41, 5.74) is 13.0. The molecule has 2 heterocycles. The first-order chi connectivity index (χ1) is 18.8. The molecular weight excluding hydrogens is 757 g/mol. The first kappa shape index (κ1) is 34.3. The molecule has 5 N–H and O–H groups in total. The van der Waals surface area contributed by atoms with E-state index in [0.717, 1.165) is 52.4 Å². The first-order valence-electron chi connectivity index (χ1n) is 13.7. The molecule has 1 aliphatic rings. The molecule has 2 aromatic carbocycles. The third-order valence-corrected chi connectivity index (χ3v) is 7.89. The monoisotopic (exact) mass is 799 g/mol. The van der Waals surface area contributed by atoms with Crippen LogP contribution in [0.5, 0.6) is 0 Å². The van der Waals surface area contributed by atoms with Gasteiger partial charge in [0.15, 0.2) is 0 Å². The van der Waals surface area contributed by atoms with Gasteiger partial charge in [-0.25, -0.2) is 0 Å². The second kappa shape index (κ2) is 16.4. The minimum atomic E-state index is 0. The number of nitrogens with zero attached hydrogens (tertiary/aromatic N) is 1. The van der Waals surface area contributed by atoms with Crippen LogP contribution in [-0.4, -0.2) is 29.4 Å². The second-order valence-electron chi connectivity index (χ2n) is 9.70. The van der Waals surface area contributed by atoms with Crippen molar-refractivity contribution < 1.29 is 0 Å². The Morgan fingerprint density at radius 1 is 0.976 bits per heavy atom. The van der Waals surface area contributed by atoms with Crippen molar-refractivity contribution in [1.82, 2.24) is 15.5 Å². The number of benzene rings is 2. The molecule has 0 amide bonds. The van der Waals surface area contributed by atoms with Crippen LogP contribution in [0, 0.1) is 12.8 Å². The quantitative estimate of drug-likeness (QED) is 0.0880. The van der Waals surface area contributed by atoms with Crippen LogP contribution < -0.4 is 16.4 Å². The molecule has 0 saturated carbocycles. The van der Waals surface area contributed by atoms with Crippen molar-refractivity contribution in [2.24, 2.45) is 5.73 Å². The fourth-order valence-corrected chi connectivity index (χ4v) is 5.67. The van der Waals surface area contributed by atoms with E-state index in [1.807, 2.05) is 31.4 Å². The molecule has 0 aliphatic carbocycles. The molecule has 222 valence electrons. The van der Waals surface area contributed by atoms with Crippen LogP contribution in [0.1, 0.15) is 60.7 Å². The average molecular weight is 804 g/mol. The normalized spacial score (nSPS) is 15.3. The van der Waals surface area contributed by atoms with E-state index in [2.05, 4.69) is 90.7 Å². The summed E-state index contributed by atoms with van der Waals surface area (Å²) in [5, 5.41) is 16.5. The SMILES string of the molecule is C=C(NCC(=C)N1C(C)CCC1C(=C)NCc1cc(C(=N)N)cs1)c1ccc(Cc2ccccc2)cc1.CC.[CH3-].[Cm]. The van der Waals surface area contributed by atoms with Crippen molar-refractivity contribution in [2.45, 2.75) is 58.7 Å². The summed E-state index contributed by atoms with van der Waals surface area (Å²) in [6.07, 6.45) is 3.06. The van der Waals surface area contributed by atoms with Gasteiger partial charge in [-0.3, -0.25) is 5.41 Å². The third-order valence-electron chi connectivity index (χ3n) is 6.95. The van der Waals surface area contributed by atoms with Crippen LogP contribution in [0.3, 0.4) is 0 Å². The minimum absolute atomic E-state index is 0. The van der Waals surface area contributed by atoms with Gasteiger partial charge in [-0.1, -0.05) is 88.2 Å². The Morgan fingerprint density at radius 2 is 1.61 bits per heavy atom. The summed E-state index contributed by atoms with van der Waals surface area (Å²) in [7, 11) is 0. The molecule has 0 bridgehead atoms. The van der Waals surface area contributed by atoms with Crippen LogP contribution in [-0.2, 0) is 13.0 Å².